The third-order valence-corrected chi connectivity index (χ3v) is 5.92. The number of hydrogen-bond acceptors (Lipinski definition) is 6. The van der Waals surface area contributed by atoms with Crippen LogP contribution in [-0.4, -0.2) is 46.4 Å². The Balaban J connectivity index is 1.57. The zero-order valence-corrected chi connectivity index (χ0v) is 17.0. The minimum Gasteiger partial charge on any atom is -0.462 e. The molecular weight excluding hydrogens is 395 g/mol. The van der Waals surface area contributed by atoms with Gasteiger partial charge >= 0.3 is 5.97 Å². The second-order valence-electron chi connectivity index (χ2n) is 6.99. The number of hydrogen-bond donors (Lipinski definition) is 1. The molecule has 0 fully saturated rings. The van der Waals surface area contributed by atoms with E-state index in [0.29, 0.717) is 21.9 Å². The van der Waals surface area contributed by atoms with Crippen molar-refractivity contribution in [2.45, 2.75) is 26.3 Å². The van der Waals surface area contributed by atoms with E-state index < -0.39 is 5.97 Å². The molecule has 3 aromatic heterocycles. The molecule has 0 saturated carbocycles. The molecule has 0 saturated heterocycles. The Bertz CT molecular complexity index is 1090. The molecule has 1 N–H and O–H groups in total. The maximum Gasteiger partial charge on any atom is 0.341 e. The molecule has 0 bridgehead atoms. The average Bonchev–Trinajstić information content (AvgIpc) is 3.20. The van der Waals surface area contributed by atoms with Crippen molar-refractivity contribution >= 4 is 33.9 Å². The number of aromatic nitrogens is 2. The van der Waals surface area contributed by atoms with Gasteiger partial charge in [0, 0.05) is 30.4 Å². The van der Waals surface area contributed by atoms with Crippen molar-refractivity contribution in [2.24, 2.45) is 0 Å². The first-order chi connectivity index (χ1) is 13.9. The van der Waals surface area contributed by atoms with Crippen molar-refractivity contribution in [3.05, 3.63) is 52.0 Å². The van der Waals surface area contributed by atoms with E-state index in [1.54, 1.807) is 23.6 Å². The normalized spacial score (nSPS) is 14.0. The molecule has 0 aromatic carbocycles. The number of ether oxygens (including phenoxy) is 1. The number of likely N-dealkylation sites (N-methyl/N-ethyl adjacent to an activating group) is 1. The number of thiophene rings is 1. The highest BCUT2D eigenvalue weighted by Crippen LogP contribution is 2.37. The van der Waals surface area contributed by atoms with Gasteiger partial charge in [-0.25, -0.2) is 14.2 Å². The van der Waals surface area contributed by atoms with Crippen LogP contribution in [0.15, 0.2) is 24.5 Å². The summed E-state index contributed by atoms with van der Waals surface area (Å²) >= 11 is 1.42. The molecular formula is C20H21FN4O3S. The number of fused-ring (bicyclic) bond motifs is 2. The van der Waals surface area contributed by atoms with E-state index in [-0.39, 0.29) is 24.8 Å². The van der Waals surface area contributed by atoms with Crippen molar-refractivity contribution in [1.29, 1.82) is 0 Å². The van der Waals surface area contributed by atoms with Crippen LogP contribution in [0, 0.1) is 5.82 Å². The Morgan fingerprint density at radius 1 is 1.34 bits per heavy atom. The number of anilines is 1. The molecule has 0 spiro atoms. The van der Waals surface area contributed by atoms with E-state index in [0.717, 1.165) is 30.0 Å². The summed E-state index contributed by atoms with van der Waals surface area (Å²) in [6.07, 6.45) is 3.70. The number of nitrogens with zero attached hydrogens (tertiary/aromatic N) is 3. The van der Waals surface area contributed by atoms with E-state index in [9.17, 15) is 14.0 Å². The number of pyridine rings is 1. The second kappa shape index (κ2) is 7.92. The van der Waals surface area contributed by atoms with E-state index >= 15 is 0 Å². The van der Waals surface area contributed by atoms with Gasteiger partial charge in [-0.15, -0.1) is 11.3 Å². The molecule has 0 aliphatic carbocycles. The van der Waals surface area contributed by atoms with Gasteiger partial charge < -0.3 is 19.4 Å². The van der Waals surface area contributed by atoms with Crippen molar-refractivity contribution in [2.75, 3.05) is 25.5 Å². The summed E-state index contributed by atoms with van der Waals surface area (Å²) in [5.74, 6) is -1.07. The largest absolute Gasteiger partial charge is 0.462 e. The Morgan fingerprint density at radius 3 is 2.97 bits per heavy atom. The quantitative estimate of drug-likeness (QED) is 0.648. The first-order valence-corrected chi connectivity index (χ1v) is 10.2. The molecule has 152 valence electrons. The first kappa shape index (κ1) is 19.5. The topological polar surface area (TPSA) is 75.9 Å². The van der Waals surface area contributed by atoms with Crippen LogP contribution in [0.1, 0.15) is 33.4 Å². The molecule has 4 heterocycles. The lowest BCUT2D eigenvalue weighted by Crippen LogP contribution is -2.26. The van der Waals surface area contributed by atoms with E-state index in [2.05, 4.69) is 15.2 Å². The van der Waals surface area contributed by atoms with Gasteiger partial charge in [-0.1, -0.05) is 0 Å². The van der Waals surface area contributed by atoms with Gasteiger partial charge in [-0.3, -0.25) is 4.79 Å². The minimum absolute atomic E-state index is 0.0219. The molecule has 1 aliphatic heterocycles. The van der Waals surface area contributed by atoms with Crippen LogP contribution in [0.2, 0.25) is 0 Å². The highest BCUT2D eigenvalue weighted by atomic mass is 32.1. The molecule has 1 amide bonds. The van der Waals surface area contributed by atoms with Gasteiger partial charge in [-0.05, 0) is 38.1 Å². The monoisotopic (exact) mass is 416 g/mol. The van der Waals surface area contributed by atoms with Crippen molar-refractivity contribution in [3.63, 3.8) is 0 Å². The number of rotatable bonds is 5. The van der Waals surface area contributed by atoms with E-state index in [1.165, 1.54) is 23.6 Å². The fourth-order valence-corrected chi connectivity index (χ4v) is 4.81. The van der Waals surface area contributed by atoms with Crippen LogP contribution in [0.25, 0.3) is 5.65 Å². The number of halogens is 1. The van der Waals surface area contributed by atoms with Gasteiger partial charge in [0.1, 0.15) is 16.5 Å². The summed E-state index contributed by atoms with van der Waals surface area (Å²) in [5, 5.41) is 3.38. The molecule has 1 aliphatic rings. The van der Waals surface area contributed by atoms with Crippen LogP contribution in [0.5, 0.6) is 0 Å². The number of amides is 1. The summed E-state index contributed by atoms with van der Waals surface area (Å²) in [6.45, 7) is 3.62. The van der Waals surface area contributed by atoms with Gasteiger partial charge in [0.15, 0.2) is 0 Å². The van der Waals surface area contributed by atoms with E-state index in [1.807, 2.05) is 7.05 Å². The third kappa shape index (κ3) is 4.01. The zero-order valence-electron chi connectivity index (χ0n) is 16.2. The molecule has 0 unspecified atom stereocenters. The Hall–Kier alpha value is -2.78. The fraction of sp³-hybridized carbons (Fsp3) is 0.350. The lowest BCUT2D eigenvalue weighted by atomic mass is 10.0. The number of nitrogens with one attached hydrogen (secondary N) is 1. The molecule has 7 nitrogen and oxygen atoms in total. The van der Waals surface area contributed by atoms with E-state index in [4.69, 9.17) is 4.74 Å². The Kier molecular flexibility index (Phi) is 5.33. The lowest BCUT2D eigenvalue weighted by molar-refractivity contribution is -0.115. The van der Waals surface area contributed by atoms with Crippen LogP contribution in [-0.2, 0) is 28.9 Å². The first-order valence-electron chi connectivity index (χ1n) is 9.37. The summed E-state index contributed by atoms with van der Waals surface area (Å²) in [7, 11) is 2.02. The number of imidazole rings is 1. The highest BCUT2D eigenvalue weighted by Gasteiger charge is 2.28. The molecule has 0 atom stereocenters. The van der Waals surface area contributed by atoms with Crippen molar-refractivity contribution < 1.29 is 18.7 Å². The fourth-order valence-electron chi connectivity index (χ4n) is 3.48. The third-order valence-electron chi connectivity index (χ3n) is 4.79. The molecule has 4 rings (SSSR count). The maximum absolute atomic E-state index is 13.3. The van der Waals surface area contributed by atoms with Crippen molar-refractivity contribution in [1.82, 2.24) is 14.3 Å². The number of esters is 1. The number of carbonyl (C=O) groups is 2. The summed E-state index contributed by atoms with van der Waals surface area (Å²) in [6, 6.07) is 2.88. The van der Waals surface area contributed by atoms with Crippen molar-refractivity contribution in [3.8, 4) is 0 Å². The summed E-state index contributed by atoms with van der Waals surface area (Å²) in [5.41, 5.74) is 2.51. The average molecular weight is 416 g/mol. The van der Waals surface area contributed by atoms with Crippen LogP contribution >= 0.6 is 11.3 Å². The summed E-state index contributed by atoms with van der Waals surface area (Å²) in [4.78, 5) is 32.8. The van der Waals surface area contributed by atoms with Gasteiger partial charge in [0.25, 0.3) is 0 Å². The second-order valence-corrected chi connectivity index (χ2v) is 8.09. The Labute approximate surface area is 171 Å². The van der Waals surface area contributed by atoms with Gasteiger partial charge in [0.05, 0.1) is 24.3 Å². The lowest BCUT2D eigenvalue weighted by Gasteiger charge is -2.22. The number of carbonyl (C=O) groups excluding carboxylic acids is 2. The highest BCUT2D eigenvalue weighted by molar-refractivity contribution is 7.17. The van der Waals surface area contributed by atoms with Crippen LogP contribution < -0.4 is 5.32 Å². The molecule has 9 heteroatoms. The van der Waals surface area contributed by atoms with Crippen LogP contribution in [0.4, 0.5) is 9.39 Å². The molecule has 29 heavy (non-hydrogen) atoms. The summed E-state index contributed by atoms with van der Waals surface area (Å²) < 4.78 is 20.1. The predicted octanol–water partition coefficient (Wildman–Crippen LogP) is 2.88. The SMILES string of the molecule is CCOC(=O)c1c(NC(=O)Cc2cn3cc(F)ccc3n2)sc2c1CCN(C)C2. The van der Waals surface area contributed by atoms with Crippen LogP contribution in [0.3, 0.4) is 0 Å². The smallest absolute Gasteiger partial charge is 0.341 e. The molecule has 0 radical (unpaired) electrons. The Morgan fingerprint density at radius 2 is 2.17 bits per heavy atom. The van der Waals surface area contributed by atoms with Gasteiger partial charge in [0.2, 0.25) is 5.91 Å². The van der Waals surface area contributed by atoms with Gasteiger partial charge in [-0.2, -0.15) is 0 Å². The molecule has 3 aromatic rings. The maximum atomic E-state index is 13.3. The standard InChI is InChI=1S/C20H21FN4O3S/c1-3-28-20(27)18-14-6-7-24(2)11-15(14)29-19(18)23-17(26)8-13-10-25-9-12(21)4-5-16(25)22-13/h4-5,9-10H,3,6-8,11H2,1-2H3,(H,23,26). The zero-order chi connectivity index (χ0) is 20.5. The predicted molar refractivity (Wildman–Crippen MR) is 108 cm³/mol. The minimum atomic E-state index is -0.409.